The van der Waals surface area contributed by atoms with Gasteiger partial charge in [0.1, 0.15) is 5.75 Å². The van der Waals surface area contributed by atoms with E-state index in [0.29, 0.717) is 6.54 Å². The van der Waals surface area contributed by atoms with Crippen molar-refractivity contribution in [2.75, 3.05) is 7.11 Å². The Hall–Kier alpha value is -2.30. The van der Waals surface area contributed by atoms with E-state index in [0.717, 1.165) is 34.6 Å². The summed E-state index contributed by atoms with van der Waals surface area (Å²) in [4.78, 5) is 21.6. The third-order valence-electron chi connectivity index (χ3n) is 2.68. The van der Waals surface area contributed by atoms with Crippen LogP contribution in [0.15, 0.2) is 24.3 Å². The molecule has 2 N–H and O–H groups in total. The number of aryl methyl sites for hydroxylation is 2. The first-order valence-corrected chi connectivity index (χ1v) is 5.77. The van der Waals surface area contributed by atoms with Crippen LogP contribution in [0.25, 0.3) is 0 Å². The molecule has 0 spiro atoms. The monoisotopic (exact) mass is 263 g/mol. The van der Waals surface area contributed by atoms with Crippen LogP contribution in [0.4, 0.5) is 0 Å². The summed E-state index contributed by atoms with van der Waals surface area (Å²) in [6.07, 6.45) is 1.80. The minimum absolute atomic E-state index is 0.347. The second-order valence-electron chi connectivity index (χ2n) is 4.14. The van der Waals surface area contributed by atoms with Crippen LogP contribution >= 0.6 is 0 Å². The lowest BCUT2D eigenvalue weighted by Crippen LogP contribution is -2.21. The molecule has 0 aromatic heterocycles. The highest BCUT2D eigenvalue weighted by molar-refractivity contribution is 5.93. The van der Waals surface area contributed by atoms with Gasteiger partial charge in [-0.15, -0.1) is 0 Å². The molecule has 0 heterocycles. The zero-order valence-electron chi connectivity index (χ0n) is 11.2. The topological polar surface area (TPSA) is 75.6 Å². The molecule has 0 fully saturated rings. The number of methoxy groups -OCH3 is 1. The average molecular weight is 263 g/mol. The molecule has 1 aromatic rings. The average Bonchev–Trinajstić information content (AvgIpc) is 2.36. The normalized spacial score (nSPS) is 10.5. The van der Waals surface area contributed by atoms with Gasteiger partial charge < -0.3 is 15.2 Å². The van der Waals surface area contributed by atoms with E-state index in [1.165, 1.54) is 0 Å². The largest absolute Gasteiger partial charge is 0.496 e. The number of hydrogen-bond acceptors (Lipinski definition) is 3. The number of ether oxygens (including phenoxy) is 1. The van der Waals surface area contributed by atoms with Crippen molar-refractivity contribution >= 4 is 11.9 Å². The van der Waals surface area contributed by atoms with E-state index in [1.54, 1.807) is 7.11 Å². The molecule has 5 heteroatoms. The van der Waals surface area contributed by atoms with E-state index in [-0.39, 0.29) is 0 Å². The Labute approximate surface area is 111 Å². The maximum atomic E-state index is 11.4. The van der Waals surface area contributed by atoms with Gasteiger partial charge >= 0.3 is 5.97 Å². The first-order valence-electron chi connectivity index (χ1n) is 5.77. The van der Waals surface area contributed by atoms with Crippen LogP contribution in [0, 0.1) is 13.8 Å². The van der Waals surface area contributed by atoms with Crippen LogP contribution < -0.4 is 10.1 Å². The van der Waals surface area contributed by atoms with Crippen molar-refractivity contribution in [3.63, 3.8) is 0 Å². The number of carbonyl (C=O) groups excluding carboxylic acids is 1. The minimum atomic E-state index is -1.15. The molecule has 1 aromatic carbocycles. The van der Waals surface area contributed by atoms with Crippen molar-refractivity contribution in [3.05, 3.63) is 41.0 Å². The van der Waals surface area contributed by atoms with Gasteiger partial charge in [0.05, 0.1) is 7.11 Å². The molecule has 0 aliphatic heterocycles. The van der Waals surface area contributed by atoms with Crippen LogP contribution in [0.3, 0.4) is 0 Å². The van der Waals surface area contributed by atoms with Crippen LogP contribution in [0.5, 0.6) is 5.75 Å². The fourth-order valence-electron chi connectivity index (χ4n) is 1.65. The zero-order valence-corrected chi connectivity index (χ0v) is 11.2. The Morgan fingerprint density at radius 1 is 1.26 bits per heavy atom. The number of amides is 1. The van der Waals surface area contributed by atoms with Gasteiger partial charge in [-0.3, -0.25) is 4.79 Å². The molecule has 1 rings (SSSR count). The molecule has 0 saturated carbocycles. The van der Waals surface area contributed by atoms with Gasteiger partial charge in [0, 0.05) is 18.7 Å². The highest BCUT2D eigenvalue weighted by atomic mass is 16.5. The molecule has 0 aliphatic carbocycles. The van der Waals surface area contributed by atoms with Crippen molar-refractivity contribution in [1.82, 2.24) is 5.32 Å². The summed E-state index contributed by atoms with van der Waals surface area (Å²) in [6.45, 7) is 4.20. The predicted molar refractivity (Wildman–Crippen MR) is 71.1 cm³/mol. The highest BCUT2D eigenvalue weighted by Gasteiger charge is 2.05. The Balaban J connectivity index is 2.71. The van der Waals surface area contributed by atoms with Crippen LogP contribution in [-0.4, -0.2) is 24.1 Å². The molecule has 19 heavy (non-hydrogen) atoms. The fourth-order valence-corrected chi connectivity index (χ4v) is 1.65. The van der Waals surface area contributed by atoms with Crippen molar-refractivity contribution < 1.29 is 19.4 Å². The number of benzene rings is 1. The number of carboxylic acid groups (broad SMARTS) is 1. The van der Waals surface area contributed by atoms with Gasteiger partial charge in [0.15, 0.2) is 0 Å². The number of carbonyl (C=O) groups is 2. The van der Waals surface area contributed by atoms with Crippen molar-refractivity contribution in [2.45, 2.75) is 20.4 Å². The standard InChI is InChI=1S/C14H17NO4/c1-9-7-12(19-3)10(2)6-11(9)8-15-13(16)4-5-14(17)18/h4-7H,8H2,1-3H3,(H,15,16)(H,17,18)/b5-4+. The third kappa shape index (κ3) is 4.46. The van der Waals surface area contributed by atoms with Crippen molar-refractivity contribution in [1.29, 1.82) is 0 Å². The molecule has 102 valence electrons. The molecular weight excluding hydrogens is 246 g/mol. The summed E-state index contributed by atoms with van der Waals surface area (Å²) in [5.74, 6) is -0.778. The Kier molecular flexibility index (Phi) is 5.11. The molecular formula is C14H17NO4. The van der Waals surface area contributed by atoms with Gasteiger partial charge in [0.2, 0.25) is 5.91 Å². The van der Waals surface area contributed by atoms with E-state index in [1.807, 2.05) is 26.0 Å². The van der Waals surface area contributed by atoms with E-state index in [9.17, 15) is 9.59 Å². The summed E-state index contributed by atoms with van der Waals surface area (Å²) in [5.41, 5.74) is 2.96. The molecule has 0 atom stereocenters. The first-order chi connectivity index (χ1) is 8.93. The number of rotatable bonds is 5. The molecule has 0 bridgehead atoms. The second-order valence-corrected chi connectivity index (χ2v) is 4.14. The molecule has 5 nitrogen and oxygen atoms in total. The summed E-state index contributed by atoms with van der Waals surface area (Å²) >= 11 is 0. The van der Waals surface area contributed by atoms with E-state index in [4.69, 9.17) is 9.84 Å². The fraction of sp³-hybridized carbons (Fsp3) is 0.286. The number of carboxylic acids is 1. The number of nitrogens with one attached hydrogen (secondary N) is 1. The molecule has 1 amide bonds. The highest BCUT2D eigenvalue weighted by Crippen LogP contribution is 2.22. The molecule has 0 radical (unpaired) electrons. The van der Waals surface area contributed by atoms with Crippen molar-refractivity contribution in [2.24, 2.45) is 0 Å². The number of aliphatic carboxylic acids is 1. The lowest BCUT2D eigenvalue weighted by molar-refractivity contribution is -0.131. The van der Waals surface area contributed by atoms with Crippen LogP contribution in [0.1, 0.15) is 16.7 Å². The smallest absolute Gasteiger partial charge is 0.328 e. The van der Waals surface area contributed by atoms with E-state index in [2.05, 4.69) is 5.32 Å². The van der Waals surface area contributed by atoms with Gasteiger partial charge in [-0.2, -0.15) is 0 Å². The van der Waals surface area contributed by atoms with Gasteiger partial charge in [0.25, 0.3) is 0 Å². The van der Waals surface area contributed by atoms with Gasteiger partial charge in [-0.25, -0.2) is 4.79 Å². The molecule has 0 unspecified atom stereocenters. The summed E-state index contributed by atoms with van der Waals surface area (Å²) in [7, 11) is 1.61. The van der Waals surface area contributed by atoms with Crippen molar-refractivity contribution in [3.8, 4) is 5.75 Å². The van der Waals surface area contributed by atoms with E-state index >= 15 is 0 Å². The third-order valence-corrected chi connectivity index (χ3v) is 2.68. The maximum absolute atomic E-state index is 11.4. The molecule has 0 aliphatic rings. The van der Waals surface area contributed by atoms with Gasteiger partial charge in [-0.1, -0.05) is 6.07 Å². The summed E-state index contributed by atoms with van der Waals surface area (Å²) in [5, 5.41) is 11.0. The Bertz CT molecular complexity index is 520. The predicted octanol–water partition coefficient (Wildman–Crippen LogP) is 1.57. The summed E-state index contributed by atoms with van der Waals surface area (Å²) < 4.78 is 5.21. The van der Waals surface area contributed by atoms with E-state index < -0.39 is 11.9 Å². The number of hydrogen-bond donors (Lipinski definition) is 2. The van der Waals surface area contributed by atoms with Crippen LogP contribution in [0.2, 0.25) is 0 Å². The zero-order chi connectivity index (χ0) is 14.4. The Morgan fingerprint density at radius 2 is 1.95 bits per heavy atom. The lowest BCUT2D eigenvalue weighted by atomic mass is 10.0. The summed E-state index contributed by atoms with van der Waals surface area (Å²) in [6, 6.07) is 3.85. The Morgan fingerprint density at radius 3 is 2.53 bits per heavy atom. The SMILES string of the molecule is COc1cc(C)c(CNC(=O)/C=C/C(=O)O)cc1C. The first kappa shape index (κ1) is 14.8. The van der Waals surface area contributed by atoms with Crippen LogP contribution in [-0.2, 0) is 16.1 Å². The van der Waals surface area contributed by atoms with Gasteiger partial charge in [-0.05, 0) is 36.6 Å². The lowest BCUT2D eigenvalue weighted by Gasteiger charge is -2.11. The quantitative estimate of drug-likeness (QED) is 0.791. The maximum Gasteiger partial charge on any atom is 0.328 e. The second kappa shape index (κ2) is 6.58. The molecule has 0 saturated heterocycles. The minimum Gasteiger partial charge on any atom is -0.496 e.